The number of carbonyl (C=O) groups excluding carboxylic acids is 1. The number of esters is 1. The van der Waals surface area contributed by atoms with E-state index in [1.165, 1.54) is 10.9 Å². The fraction of sp³-hybridized carbons (Fsp3) is 0.450. The van der Waals surface area contributed by atoms with Gasteiger partial charge in [-0.1, -0.05) is 13.3 Å². The quantitative estimate of drug-likeness (QED) is 0.421. The molecule has 0 unspecified atom stereocenters. The van der Waals surface area contributed by atoms with Crippen molar-refractivity contribution in [3.05, 3.63) is 51.4 Å². The van der Waals surface area contributed by atoms with E-state index in [4.69, 9.17) is 4.74 Å². The molecule has 9 heteroatoms. The molecule has 8 nitrogen and oxygen atoms in total. The number of hydrogen-bond acceptors (Lipinski definition) is 6. The standard InChI is InChI=1S/C20H25N3O5S/c1-3-4-10-28-20(25)15-5-7-16(8-6-15)21-12-18-14(2)22-23(19(18)24)17-9-11-29(26,27)13-17/h5-8,12,17,22H,3-4,9-11,13H2,1-2H3/t17-/m1/s1. The van der Waals surface area contributed by atoms with Gasteiger partial charge in [-0.15, -0.1) is 0 Å². The van der Waals surface area contributed by atoms with Crippen LogP contribution < -0.4 is 5.56 Å². The van der Waals surface area contributed by atoms with E-state index in [1.807, 2.05) is 6.92 Å². The van der Waals surface area contributed by atoms with E-state index < -0.39 is 9.84 Å². The number of hydrogen-bond donors (Lipinski definition) is 1. The molecule has 1 aliphatic heterocycles. The van der Waals surface area contributed by atoms with Crippen LogP contribution in [0.5, 0.6) is 0 Å². The summed E-state index contributed by atoms with van der Waals surface area (Å²) in [5, 5.41) is 2.96. The third kappa shape index (κ3) is 5.03. The maximum absolute atomic E-state index is 12.7. The van der Waals surface area contributed by atoms with Crippen molar-refractivity contribution in [2.75, 3.05) is 18.1 Å². The van der Waals surface area contributed by atoms with Gasteiger partial charge in [0, 0.05) is 11.9 Å². The van der Waals surface area contributed by atoms with Crippen molar-refractivity contribution in [3.63, 3.8) is 0 Å². The second-order valence-corrected chi connectivity index (χ2v) is 9.41. The number of rotatable bonds is 7. The Kier molecular flexibility index (Phi) is 6.36. The number of H-pyrrole nitrogens is 1. The van der Waals surface area contributed by atoms with Gasteiger partial charge in [0.15, 0.2) is 9.84 Å². The lowest BCUT2D eigenvalue weighted by Gasteiger charge is -2.07. The monoisotopic (exact) mass is 419 g/mol. The van der Waals surface area contributed by atoms with Gasteiger partial charge >= 0.3 is 5.97 Å². The number of ether oxygens (including phenoxy) is 1. The molecule has 2 aromatic rings. The average Bonchev–Trinajstić information content (AvgIpc) is 3.19. The Bertz CT molecular complexity index is 1060. The van der Waals surface area contributed by atoms with E-state index in [1.54, 1.807) is 31.2 Å². The lowest BCUT2D eigenvalue weighted by molar-refractivity contribution is 0.0500. The highest BCUT2D eigenvalue weighted by atomic mass is 32.2. The van der Waals surface area contributed by atoms with Crippen molar-refractivity contribution < 1.29 is 17.9 Å². The first-order valence-corrected chi connectivity index (χ1v) is 11.5. The Labute approximate surface area is 169 Å². The predicted molar refractivity (Wildman–Crippen MR) is 111 cm³/mol. The molecule has 2 heterocycles. The van der Waals surface area contributed by atoms with E-state index in [-0.39, 0.29) is 29.1 Å². The van der Waals surface area contributed by atoms with E-state index in [9.17, 15) is 18.0 Å². The van der Waals surface area contributed by atoms with Crippen LogP contribution in [-0.2, 0) is 14.6 Å². The van der Waals surface area contributed by atoms with Crippen molar-refractivity contribution in [1.29, 1.82) is 0 Å². The second-order valence-electron chi connectivity index (χ2n) is 7.18. The summed E-state index contributed by atoms with van der Waals surface area (Å²) in [5.74, 6) is -0.303. The number of aryl methyl sites for hydroxylation is 1. The topological polar surface area (TPSA) is 111 Å². The van der Waals surface area contributed by atoms with Crippen LogP contribution in [0.2, 0.25) is 0 Å². The first-order chi connectivity index (χ1) is 13.8. The summed E-state index contributed by atoms with van der Waals surface area (Å²) in [4.78, 5) is 28.9. The van der Waals surface area contributed by atoms with Crippen LogP contribution in [-0.4, -0.2) is 48.5 Å². The van der Waals surface area contributed by atoms with E-state index in [0.717, 1.165) is 12.8 Å². The fourth-order valence-corrected chi connectivity index (χ4v) is 4.89. The molecule has 0 amide bonds. The van der Waals surface area contributed by atoms with Gasteiger partial charge in [0.25, 0.3) is 5.56 Å². The molecule has 29 heavy (non-hydrogen) atoms. The zero-order valence-electron chi connectivity index (χ0n) is 16.6. The number of aromatic nitrogens is 2. The van der Waals surface area contributed by atoms with Crippen LogP contribution in [0.15, 0.2) is 34.1 Å². The number of nitrogens with one attached hydrogen (secondary N) is 1. The largest absolute Gasteiger partial charge is 0.462 e. The molecular formula is C20H25N3O5S. The van der Waals surface area contributed by atoms with Crippen LogP contribution >= 0.6 is 0 Å². The van der Waals surface area contributed by atoms with Gasteiger partial charge in [-0.3, -0.25) is 14.9 Å². The van der Waals surface area contributed by atoms with Gasteiger partial charge in [-0.05, 0) is 44.0 Å². The molecule has 0 bridgehead atoms. The summed E-state index contributed by atoms with van der Waals surface area (Å²) < 4.78 is 29.9. The molecule has 1 saturated heterocycles. The Morgan fingerprint density at radius 2 is 2.07 bits per heavy atom. The molecule has 0 aliphatic carbocycles. The maximum atomic E-state index is 12.7. The Balaban J connectivity index is 1.72. The lowest BCUT2D eigenvalue weighted by atomic mass is 10.2. The smallest absolute Gasteiger partial charge is 0.338 e. The molecule has 0 radical (unpaired) electrons. The highest BCUT2D eigenvalue weighted by Gasteiger charge is 2.31. The summed E-state index contributed by atoms with van der Waals surface area (Å²) >= 11 is 0. The van der Waals surface area contributed by atoms with Gasteiger partial charge < -0.3 is 4.74 Å². The summed E-state index contributed by atoms with van der Waals surface area (Å²) in [6.07, 6.45) is 3.67. The third-order valence-corrected chi connectivity index (χ3v) is 6.64. The third-order valence-electron chi connectivity index (χ3n) is 4.89. The SMILES string of the molecule is CCCCOC(=O)c1ccc(N=Cc2c(C)[nH]n([C@@H]3CCS(=O)(=O)C3)c2=O)cc1. The molecule has 1 aromatic heterocycles. The fourth-order valence-electron chi connectivity index (χ4n) is 3.19. The Morgan fingerprint density at radius 1 is 1.34 bits per heavy atom. The van der Waals surface area contributed by atoms with Crippen molar-refractivity contribution in [3.8, 4) is 0 Å². The number of unbranched alkanes of at least 4 members (excludes halogenated alkanes) is 1. The molecule has 0 spiro atoms. The van der Waals surface area contributed by atoms with Crippen LogP contribution in [0.3, 0.4) is 0 Å². The van der Waals surface area contributed by atoms with Crippen LogP contribution in [0.4, 0.5) is 5.69 Å². The number of benzene rings is 1. The normalized spacial score (nSPS) is 18.3. The summed E-state index contributed by atoms with van der Waals surface area (Å²) in [6.45, 7) is 4.17. The van der Waals surface area contributed by atoms with Crippen molar-refractivity contribution in [2.24, 2.45) is 4.99 Å². The molecule has 1 aromatic carbocycles. The van der Waals surface area contributed by atoms with E-state index in [0.29, 0.717) is 35.5 Å². The zero-order valence-corrected chi connectivity index (χ0v) is 17.4. The minimum atomic E-state index is -3.09. The van der Waals surface area contributed by atoms with Crippen molar-refractivity contribution in [1.82, 2.24) is 9.78 Å². The maximum Gasteiger partial charge on any atom is 0.338 e. The molecule has 0 saturated carbocycles. The summed E-state index contributed by atoms with van der Waals surface area (Å²) in [6, 6.07) is 6.25. The first kappa shape index (κ1) is 21.0. The van der Waals surface area contributed by atoms with Gasteiger partial charge in [0.1, 0.15) is 0 Å². The zero-order chi connectivity index (χ0) is 21.0. The summed E-state index contributed by atoms with van der Waals surface area (Å²) in [7, 11) is -3.09. The number of aliphatic imine (C=N–C) groups is 1. The second kappa shape index (κ2) is 8.77. The molecule has 3 rings (SSSR count). The van der Waals surface area contributed by atoms with Crippen LogP contribution in [0.1, 0.15) is 53.8 Å². The van der Waals surface area contributed by atoms with Gasteiger partial charge in [0.05, 0.1) is 41.0 Å². The highest BCUT2D eigenvalue weighted by molar-refractivity contribution is 7.91. The van der Waals surface area contributed by atoms with Gasteiger partial charge in [0.2, 0.25) is 0 Å². The molecule has 1 atom stereocenters. The summed E-state index contributed by atoms with van der Waals surface area (Å²) in [5.41, 5.74) is 1.76. The average molecular weight is 420 g/mol. The lowest BCUT2D eigenvalue weighted by Crippen LogP contribution is -2.25. The number of sulfone groups is 1. The molecular weight excluding hydrogens is 394 g/mol. The minimum Gasteiger partial charge on any atom is -0.462 e. The molecule has 1 aliphatic rings. The van der Waals surface area contributed by atoms with Crippen molar-refractivity contribution >= 4 is 27.7 Å². The van der Waals surface area contributed by atoms with Gasteiger partial charge in [-0.25, -0.2) is 17.9 Å². The molecule has 156 valence electrons. The highest BCUT2D eigenvalue weighted by Crippen LogP contribution is 2.22. The number of nitrogens with zero attached hydrogens (tertiary/aromatic N) is 2. The molecule has 1 fully saturated rings. The van der Waals surface area contributed by atoms with Crippen molar-refractivity contribution in [2.45, 2.75) is 39.2 Å². The molecule has 1 N–H and O–H groups in total. The van der Waals surface area contributed by atoms with Crippen LogP contribution in [0, 0.1) is 6.92 Å². The Hall–Kier alpha value is -2.68. The number of carbonyl (C=O) groups is 1. The van der Waals surface area contributed by atoms with Crippen LogP contribution in [0.25, 0.3) is 0 Å². The Morgan fingerprint density at radius 3 is 2.69 bits per heavy atom. The first-order valence-electron chi connectivity index (χ1n) is 9.63. The van der Waals surface area contributed by atoms with E-state index in [2.05, 4.69) is 10.1 Å². The minimum absolute atomic E-state index is 0.0285. The van der Waals surface area contributed by atoms with Gasteiger partial charge in [-0.2, -0.15) is 0 Å². The number of aromatic amines is 1. The van der Waals surface area contributed by atoms with E-state index >= 15 is 0 Å². The predicted octanol–water partition coefficient (Wildman–Crippen LogP) is 2.55.